The van der Waals surface area contributed by atoms with Gasteiger partial charge in [0.1, 0.15) is 26.2 Å². The van der Waals surface area contributed by atoms with Crippen molar-refractivity contribution in [3.63, 3.8) is 0 Å². The van der Waals surface area contributed by atoms with Gasteiger partial charge in [-0.05, 0) is 24.6 Å². The molecule has 1 heterocycles. The number of carbonyl (C=O) groups is 2. The number of hydrogen-bond donors (Lipinski definition) is 4. The number of nitrogens with one attached hydrogen (secondary N) is 4. The number of hydrogen-bond acceptors (Lipinski definition) is 2. The number of benzene rings is 2. The van der Waals surface area contributed by atoms with E-state index in [0.717, 1.165) is 31.7 Å². The number of carbonyl (C=O) groups excluding carboxylic acids is 2. The van der Waals surface area contributed by atoms with E-state index >= 15 is 0 Å². The van der Waals surface area contributed by atoms with Gasteiger partial charge in [0.2, 0.25) is 0 Å². The standard InChI is InChI=1S/C22H27ClN4O2/c1-17(22(29)24-15-18-7-3-2-4-8-18)27-13-11-26(12-14-27)16-21(28)25-20-10-6-5-9-19(20)23/h2-10,17H,11-16H2,1H3,(H,24,29)(H,25,28)/p+2/t17-/m0/s1. The molecular weight excluding hydrogens is 388 g/mol. The number of piperazine rings is 1. The fraction of sp³-hybridized carbons (Fsp3) is 0.364. The third-order valence-corrected chi connectivity index (χ3v) is 5.80. The molecule has 2 aromatic carbocycles. The maximum atomic E-state index is 12.5. The van der Waals surface area contributed by atoms with Crippen molar-refractivity contribution >= 4 is 29.1 Å². The molecule has 1 fully saturated rings. The molecule has 7 heteroatoms. The third-order valence-electron chi connectivity index (χ3n) is 5.47. The van der Waals surface area contributed by atoms with Gasteiger partial charge in [-0.2, -0.15) is 0 Å². The summed E-state index contributed by atoms with van der Waals surface area (Å²) >= 11 is 6.10. The Hall–Kier alpha value is -2.41. The van der Waals surface area contributed by atoms with Crippen LogP contribution in [0.5, 0.6) is 0 Å². The first kappa shape index (κ1) is 21.3. The molecule has 3 rings (SSSR count). The highest BCUT2D eigenvalue weighted by molar-refractivity contribution is 6.33. The molecular formula is C22H29ClN4O2+2. The highest BCUT2D eigenvalue weighted by Crippen LogP contribution is 2.19. The molecule has 1 atom stereocenters. The van der Waals surface area contributed by atoms with Crippen molar-refractivity contribution in [3.8, 4) is 0 Å². The number of para-hydroxylation sites is 1. The summed E-state index contributed by atoms with van der Waals surface area (Å²) in [6.45, 7) is 6.40. The average molecular weight is 417 g/mol. The summed E-state index contributed by atoms with van der Waals surface area (Å²) in [7, 11) is 0. The summed E-state index contributed by atoms with van der Waals surface area (Å²) in [5.41, 5.74) is 1.74. The normalized spacial score (nSPS) is 19.9. The van der Waals surface area contributed by atoms with Crippen LogP contribution >= 0.6 is 11.6 Å². The molecule has 0 bridgehead atoms. The summed E-state index contributed by atoms with van der Waals surface area (Å²) in [6, 6.07) is 17.1. The van der Waals surface area contributed by atoms with Crippen LogP contribution in [0.1, 0.15) is 12.5 Å². The predicted molar refractivity (Wildman–Crippen MR) is 114 cm³/mol. The Labute approximate surface area is 176 Å². The Balaban J connectivity index is 1.40. The number of rotatable bonds is 7. The second-order valence-electron chi connectivity index (χ2n) is 7.54. The van der Waals surface area contributed by atoms with Gasteiger partial charge in [0.25, 0.3) is 11.8 Å². The first-order chi connectivity index (χ1) is 14.0. The zero-order valence-corrected chi connectivity index (χ0v) is 17.5. The minimum absolute atomic E-state index is 0.0368. The van der Waals surface area contributed by atoms with Gasteiger partial charge in [0, 0.05) is 6.54 Å². The van der Waals surface area contributed by atoms with Crippen LogP contribution in [-0.2, 0) is 16.1 Å². The zero-order valence-electron chi connectivity index (χ0n) is 16.7. The maximum absolute atomic E-state index is 12.5. The lowest BCUT2D eigenvalue weighted by Gasteiger charge is -2.32. The van der Waals surface area contributed by atoms with Crippen LogP contribution in [0.3, 0.4) is 0 Å². The van der Waals surface area contributed by atoms with Crippen LogP contribution in [0.2, 0.25) is 5.02 Å². The van der Waals surface area contributed by atoms with Gasteiger partial charge in [-0.15, -0.1) is 0 Å². The van der Waals surface area contributed by atoms with Crippen molar-refractivity contribution in [2.75, 3.05) is 38.0 Å². The van der Waals surface area contributed by atoms with E-state index in [1.165, 1.54) is 9.80 Å². The Morgan fingerprint density at radius 3 is 2.34 bits per heavy atom. The van der Waals surface area contributed by atoms with E-state index in [4.69, 9.17) is 11.6 Å². The third kappa shape index (κ3) is 6.29. The maximum Gasteiger partial charge on any atom is 0.279 e. The quantitative estimate of drug-likeness (QED) is 0.503. The summed E-state index contributed by atoms with van der Waals surface area (Å²) in [5.74, 6) is 0.0361. The van der Waals surface area contributed by atoms with Crippen molar-refractivity contribution in [1.82, 2.24) is 5.32 Å². The molecule has 29 heavy (non-hydrogen) atoms. The minimum atomic E-state index is -0.0998. The monoisotopic (exact) mass is 416 g/mol. The van der Waals surface area contributed by atoms with E-state index in [1.807, 2.05) is 49.4 Å². The number of quaternary nitrogens is 2. The van der Waals surface area contributed by atoms with Crippen LogP contribution in [0.25, 0.3) is 0 Å². The average Bonchev–Trinajstić information content (AvgIpc) is 2.74. The molecule has 1 aliphatic heterocycles. The molecule has 0 unspecified atom stereocenters. The van der Waals surface area contributed by atoms with Crippen LogP contribution < -0.4 is 20.4 Å². The topological polar surface area (TPSA) is 67.1 Å². The Morgan fingerprint density at radius 1 is 1.00 bits per heavy atom. The van der Waals surface area contributed by atoms with Crippen molar-refractivity contribution in [2.45, 2.75) is 19.5 Å². The first-order valence-electron chi connectivity index (χ1n) is 10.1. The second-order valence-corrected chi connectivity index (χ2v) is 7.95. The number of anilines is 1. The Bertz CT molecular complexity index is 823. The summed E-state index contributed by atoms with van der Waals surface area (Å²) < 4.78 is 0. The molecule has 4 N–H and O–H groups in total. The Morgan fingerprint density at radius 2 is 1.66 bits per heavy atom. The van der Waals surface area contributed by atoms with Gasteiger partial charge in [-0.25, -0.2) is 0 Å². The van der Waals surface area contributed by atoms with Gasteiger partial charge in [0.15, 0.2) is 12.6 Å². The molecule has 1 saturated heterocycles. The van der Waals surface area contributed by atoms with Crippen LogP contribution in [0.15, 0.2) is 54.6 Å². The van der Waals surface area contributed by atoms with Crippen molar-refractivity contribution in [2.24, 2.45) is 0 Å². The van der Waals surface area contributed by atoms with Crippen LogP contribution in [0, 0.1) is 0 Å². The smallest absolute Gasteiger partial charge is 0.279 e. The highest BCUT2D eigenvalue weighted by Gasteiger charge is 2.31. The van der Waals surface area contributed by atoms with E-state index < -0.39 is 0 Å². The molecule has 0 spiro atoms. The minimum Gasteiger partial charge on any atom is -0.347 e. The van der Waals surface area contributed by atoms with E-state index in [1.54, 1.807) is 12.1 Å². The molecule has 0 aliphatic carbocycles. The summed E-state index contributed by atoms with van der Waals surface area (Å²) in [5, 5.41) is 6.45. The molecule has 6 nitrogen and oxygen atoms in total. The SMILES string of the molecule is C[C@@H](C(=O)NCc1ccccc1)[NH+]1CC[NH+](CC(=O)Nc2ccccc2Cl)CC1. The predicted octanol–water partition coefficient (Wildman–Crippen LogP) is -0.233. The molecule has 0 radical (unpaired) electrons. The van der Waals surface area contributed by atoms with Gasteiger partial charge < -0.3 is 20.4 Å². The Kier molecular flexibility index (Phi) is 7.63. The fourth-order valence-electron chi connectivity index (χ4n) is 3.64. The van der Waals surface area contributed by atoms with E-state index in [-0.39, 0.29) is 17.9 Å². The van der Waals surface area contributed by atoms with Crippen molar-refractivity contribution in [3.05, 3.63) is 65.2 Å². The second kappa shape index (κ2) is 10.4. The lowest BCUT2D eigenvalue weighted by molar-refractivity contribution is -1.01. The van der Waals surface area contributed by atoms with E-state index in [0.29, 0.717) is 23.8 Å². The van der Waals surface area contributed by atoms with Gasteiger partial charge in [-0.3, -0.25) is 9.59 Å². The van der Waals surface area contributed by atoms with Gasteiger partial charge >= 0.3 is 0 Å². The lowest BCUT2D eigenvalue weighted by Crippen LogP contribution is -3.30. The van der Waals surface area contributed by atoms with Crippen molar-refractivity contribution < 1.29 is 19.4 Å². The molecule has 1 aliphatic rings. The first-order valence-corrected chi connectivity index (χ1v) is 10.4. The zero-order chi connectivity index (χ0) is 20.6. The highest BCUT2D eigenvalue weighted by atomic mass is 35.5. The summed E-state index contributed by atoms with van der Waals surface area (Å²) in [6.07, 6.45) is 0. The molecule has 2 amide bonds. The largest absolute Gasteiger partial charge is 0.347 e. The van der Waals surface area contributed by atoms with E-state index in [9.17, 15) is 9.59 Å². The van der Waals surface area contributed by atoms with Crippen LogP contribution in [-0.4, -0.2) is 50.6 Å². The molecule has 0 saturated carbocycles. The summed E-state index contributed by atoms with van der Waals surface area (Å²) in [4.78, 5) is 27.3. The van der Waals surface area contributed by atoms with Gasteiger partial charge in [-0.1, -0.05) is 54.1 Å². The fourth-order valence-corrected chi connectivity index (χ4v) is 3.83. The van der Waals surface area contributed by atoms with Crippen LogP contribution in [0.4, 0.5) is 5.69 Å². The van der Waals surface area contributed by atoms with Gasteiger partial charge in [0.05, 0.1) is 10.7 Å². The van der Waals surface area contributed by atoms with E-state index in [2.05, 4.69) is 10.6 Å². The molecule has 154 valence electrons. The van der Waals surface area contributed by atoms with Crippen molar-refractivity contribution in [1.29, 1.82) is 0 Å². The molecule has 0 aromatic heterocycles. The number of amides is 2. The molecule has 2 aromatic rings. The number of halogens is 1. The lowest BCUT2D eigenvalue weighted by atomic mass is 10.2.